The number of hydrogen-bond acceptors (Lipinski definition) is 3. The van der Waals surface area contributed by atoms with Crippen molar-refractivity contribution in [2.45, 2.75) is 122 Å². The molecular formula is C30H43F9O3. The van der Waals surface area contributed by atoms with Crippen LogP contribution in [0.2, 0.25) is 0 Å². The summed E-state index contributed by atoms with van der Waals surface area (Å²) in [5.74, 6) is 0.549. The molecule has 6 aliphatic rings. The number of aliphatic hydroxyl groups is 1. The van der Waals surface area contributed by atoms with Crippen LogP contribution < -0.4 is 0 Å². The van der Waals surface area contributed by atoms with E-state index in [4.69, 9.17) is 4.74 Å². The van der Waals surface area contributed by atoms with E-state index in [1.165, 1.54) is 13.3 Å². The van der Waals surface area contributed by atoms with Crippen LogP contribution >= 0.6 is 0 Å². The fourth-order valence-electron chi connectivity index (χ4n) is 9.16. The van der Waals surface area contributed by atoms with E-state index >= 15 is 0 Å². The Morgan fingerprint density at radius 2 is 1.26 bits per heavy atom. The molecule has 0 amide bonds. The molecule has 6 aliphatic carbocycles. The van der Waals surface area contributed by atoms with Gasteiger partial charge in [0.25, 0.3) is 5.60 Å². The van der Waals surface area contributed by atoms with Gasteiger partial charge in [-0.1, -0.05) is 20.8 Å². The zero-order chi connectivity index (χ0) is 31.8. The van der Waals surface area contributed by atoms with Gasteiger partial charge in [-0.15, -0.1) is 0 Å². The predicted octanol–water partition coefficient (Wildman–Crippen LogP) is 8.88. The standard InChI is InChI=1S/C17H25F3O2.C13H18F6O/c1-4-15(2,17(18,19)20)14(21)22-16(3)12-6-10-5-11(8-12)9-13(16)7-10;1-6-7(2)10-4-8(6)3-9(10)5-11(20,12(14,15)16)13(17,18)19/h10-13H,4-9H2,1-3H3;6-10,20H,3-5H2,1-2H3. The van der Waals surface area contributed by atoms with E-state index in [9.17, 15) is 49.4 Å². The molecular weight excluding hydrogens is 579 g/mol. The van der Waals surface area contributed by atoms with Gasteiger partial charge in [0, 0.05) is 0 Å². The van der Waals surface area contributed by atoms with Crippen molar-refractivity contribution in [1.82, 2.24) is 0 Å². The molecule has 0 aromatic heterocycles. The fourth-order valence-corrected chi connectivity index (χ4v) is 9.16. The van der Waals surface area contributed by atoms with E-state index < -0.39 is 53.5 Å². The molecule has 244 valence electrons. The molecule has 0 heterocycles. The lowest BCUT2D eigenvalue weighted by Crippen LogP contribution is -2.59. The van der Waals surface area contributed by atoms with Crippen LogP contribution in [0.5, 0.6) is 0 Å². The predicted molar refractivity (Wildman–Crippen MR) is 136 cm³/mol. The molecule has 0 saturated heterocycles. The van der Waals surface area contributed by atoms with Gasteiger partial charge in [-0.05, 0) is 125 Å². The molecule has 0 aromatic carbocycles. The highest BCUT2D eigenvalue weighted by atomic mass is 19.4. The third-order valence-electron chi connectivity index (χ3n) is 12.4. The van der Waals surface area contributed by atoms with Crippen LogP contribution in [0.1, 0.15) is 92.4 Å². The number of rotatable bonds is 5. The van der Waals surface area contributed by atoms with Gasteiger partial charge >= 0.3 is 24.5 Å². The minimum absolute atomic E-state index is 0.115. The third-order valence-corrected chi connectivity index (χ3v) is 12.4. The van der Waals surface area contributed by atoms with Crippen LogP contribution in [0.3, 0.4) is 0 Å². The zero-order valence-corrected chi connectivity index (χ0v) is 24.7. The smallest absolute Gasteiger partial charge is 0.426 e. The Balaban J connectivity index is 0.000000194. The maximum absolute atomic E-state index is 13.3. The van der Waals surface area contributed by atoms with Crippen LogP contribution in [-0.4, -0.2) is 40.8 Å². The molecule has 1 N–H and O–H groups in total. The van der Waals surface area contributed by atoms with E-state index in [-0.39, 0.29) is 36.0 Å². The van der Waals surface area contributed by atoms with E-state index in [0.29, 0.717) is 30.6 Å². The normalized spacial score (nSPS) is 40.9. The topological polar surface area (TPSA) is 46.5 Å². The van der Waals surface area contributed by atoms with Crippen molar-refractivity contribution in [1.29, 1.82) is 0 Å². The molecule has 6 rings (SSSR count). The largest absolute Gasteiger partial charge is 0.458 e. The molecule has 42 heavy (non-hydrogen) atoms. The number of carbonyl (C=O) groups excluding carboxylic acids is 1. The van der Waals surface area contributed by atoms with Crippen molar-refractivity contribution in [2.75, 3.05) is 0 Å². The van der Waals surface area contributed by atoms with Gasteiger partial charge in [0.15, 0.2) is 5.41 Å². The minimum Gasteiger partial charge on any atom is -0.458 e. The molecule has 0 radical (unpaired) electrons. The molecule has 6 saturated carbocycles. The summed E-state index contributed by atoms with van der Waals surface area (Å²) in [5.41, 5.74) is -7.69. The van der Waals surface area contributed by atoms with Gasteiger partial charge in [-0.2, -0.15) is 39.5 Å². The highest BCUT2D eigenvalue weighted by Gasteiger charge is 2.71. The van der Waals surface area contributed by atoms with E-state index in [1.807, 2.05) is 20.8 Å². The fraction of sp³-hybridized carbons (Fsp3) is 0.967. The average Bonchev–Trinajstić information content (AvgIpc) is 3.38. The Morgan fingerprint density at radius 3 is 1.62 bits per heavy atom. The first-order valence-corrected chi connectivity index (χ1v) is 15.1. The number of hydrogen-bond donors (Lipinski definition) is 1. The van der Waals surface area contributed by atoms with E-state index in [0.717, 1.165) is 32.6 Å². The number of fused-ring (bicyclic) bond motifs is 2. The quantitative estimate of drug-likeness (QED) is 0.246. The van der Waals surface area contributed by atoms with Crippen LogP contribution in [0, 0.1) is 58.7 Å². The summed E-state index contributed by atoms with van der Waals surface area (Å²) in [7, 11) is 0. The summed E-state index contributed by atoms with van der Waals surface area (Å²) in [6.07, 6.45) is -11.2. The number of ether oxygens (including phenoxy) is 1. The second-order valence-electron chi connectivity index (χ2n) is 14.5. The number of esters is 1. The van der Waals surface area contributed by atoms with Crippen LogP contribution in [0.15, 0.2) is 0 Å². The lowest BCUT2D eigenvalue weighted by molar-refractivity contribution is -0.373. The van der Waals surface area contributed by atoms with E-state index in [2.05, 4.69) is 0 Å². The van der Waals surface area contributed by atoms with Crippen molar-refractivity contribution in [2.24, 2.45) is 58.7 Å². The summed E-state index contributed by atoms with van der Waals surface area (Å²) in [6, 6.07) is 0. The minimum atomic E-state index is -5.69. The maximum Gasteiger partial charge on any atom is 0.426 e. The van der Waals surface area contributed by atoms with Crippen LogP contribution in [0.4, 0.5) is 39.5 Å². The third kappa shape index (κ3) is 5.46. The number of carbonyl (C=O) groups is 1. The van der Waals surface area contributed by atoms with Gasteiger partial charge in [0.05, 0.1) is 0 Å². The van der Waals surface area contributed by atoms with Crippen molar-refractivity contribution in [3.8, 4) is 0 Å². The number of halogens is 9. The van der Waals surface area contributed by atoms with Gasteiger partial charge < -0.3 is 9.84 Å². The van der Waals surface area contributed by atoms with Crippen molar-refractivity contribution in [3.63, 3.8) is 0 Å². The van der Waals surface area contributed by atoms with Gasteiger partial charge in [-0.25, -0.2) is 0 Å². The molecule has 6 bridgehead atoms. The average molecular weight is 623 g/mol. The van der Waals surface area contributed by atoms with Crippen LogP contribution in [0.25, 0.3) is 0 Å². The second-order valence-corrected chi connectivity index (χ2v) is 14.5. The Hall–Kier alpha value is -1.20. The highest BCUT2D eigenvalue weighted by molar-refractivity contribution is 5.78. The molecule has 3 nitrogen and oxygen atoms in total. The second kappa shape index (κ2) is 10.7. The van der Waals surface area contributed by atoms with Gasteiger partial charge in [-0.3, -0.25) is 4.79 Å². The molecule has 6 atom stereocenters. The van der Waals surface area contributed by atoms with Gasteiger partial charge in [0.1, 0.15) is 5.60 Å². The molecule has 6 fully saturated rings. The zero-order valence-electron chi connectivity index (χ0n) is 24.7. The molecule has 0 aromatic rings. The van der Waals surface area contributed by atoms with E-state index in [1.54, 1.807) is 0 Å². The maximum atomic E-state index is 13.3. The van der Waals surface area contributed by atoms with Crippen LogP contribution in [-0.2, 0) is 9.53 Å². The number of alkyl halides is 9. The van der Waals surface area contributed by atoms with Gasteiger partial charge in [0.2, 0.25) is 0 Å². The molecule has 6 unspecified atom stereocenters. The summed E-state index contributed by atoms with van der Waals surface area (Å²) in [4.78, 5) is 12.4. The highest BCUT2D eigenvalue weighted by Crippen LogP contribution is 2.61. The molecule has 12 heteroatoms. The SMILES string of the molecule is CC1C2CC(CC(O)(C(F)(F)F)C(F)(F)F)C(C2)C1C.CCC(C)(C(=O)OC1(C)C2CC3CC(C2)CC1C3)C(F)(F)F. The summed E-state index contributed by atoms with van der Waals surface area (Å²) in [6.45, 7) is 8.11. The lowest BCUT2D eigenvalue weighted by atomic mass is 9.50. The summed E-state index contributed by atoms with van der Waals surface area (Å²) >= 11 is 0. The first-order valence-electron chi connectivity index (χ1n) is 15.1. The Kier molecular flexibility index (Phi) is 8.59. The van der Waals surface area contributed by atoms with Crippen molar-refractivity contribution in [3.05, 3.63) is 0 Å². The lowest BCUT2D eigenvalue weighted by Gasteiger charge is -2.59. The first-order chi connectivity index (χ1) is 19.0. The summed E-state index contributed by atoms with van der Waals surface area (Å²) in [5, 5.41) is 9.28. The monoisotopic (exact) mass is 622 g/mol. The Morgan fingerprint density at radius 1 is 0.786 bits per heavy atom. The van der Waals surface area contributed by atoms with Crippen molar-refractivity contribution >= 4 is 5.97 Å². The Labute approximate surface area is 241 Å². The molecule has 0 spiro atoms. The Bertz CT molecular complexity index is 959. The first kappa shape index (κ1) is 33.7. The molecule has 0 aliphatic heterocycles. The summed E-state index contributed by atoms with van der Waals surface area (Å²) < 4.78 is 122. The van der Waals surface area contributed by atoms with Crippen molar-refractivity contribution < 1.29 is 54.2 Å².